The van der Waals surface area contributed by atoms with Gasteiger partial charge in [0.15, 0.2) is 0 Å². The summed E-state index contributed by atoms with van der Waals surface area (Å²) in [6.45, 7) is 0.516. The molecule has 3 aromatic heterocycles. The molecule has 0 bridgehead atoms. The van der Waals surface area contributed by atoms with Gasteiger partial charge in [0, 0.05) is 21.3 Å². The molecule has 1 atom stereocenters. The van der Waals surface area contributed by atoms with Crippen LogP contribution in [0.1, 0.15) is 26.2 Å². The fraction of sp³-hybridized carbons (Fsp3) is 0.133. The summed E-state index contributed by atoms with van der Waals surface area (Å²) in [5.74, 6) is 0.858. The van der Waals surface area contributed by atoms with Gasteiger partial charge in [-0.25, -0.2) is 0 Å². The summed E-state index contributed by atoms with van der Waals surface area (Å²) >= 11 is 6.45. The fourth-order valence-electron chi connectivity index (χ4n) is 2.03. The SMILES string of the molecule is O=C(NCC(c1ccco1)c1cccs1)c1cc(Br)cs1. The summed E-state index contributed by atoms with van der Waals surface area (Å²) in [7, 11) is 0. The van der Waals surface area contributed by atoms with E-state index >= 15 is 0 Å². The van der Waals surface area contributed by atoms with Crippen LogP contribution < -0.4 is 5.32 Å². The van der Waals surface area contributed by atoms with E-state index in [1.807, 2.05) is 35.0 Å². The molecule has 0 aliphatic carbocycles. The predicted octanol–water partition coefficient (Wildman–Crippen LogP) is 4.73. The van der Waals surface area contributed by atoms with Gasteiger partial charge in [-0.1, -0.05) is 6.07 Å². The molecule has 0 spiro atoms. The second-order valence-corrected chi connectivity index (χ2v) is 7.23. The van der Waals surface area contributed by atoms with Gasteiger partial charge in [-0.2, -0.15) is 0 Å². The number of nitrogens with one attached hydrogen (secondary N) is 1. The number of hydrogen-bond acceptors (Lipinski definition) is 4. The summed E-state index contributed by atoms with van der Waals surface area (Å²) in [6, 6.07) is 9.71. The first-order valence-corrected chi connectivity index (χ1v) is 8.88. The van der Waals surface area contributed by atoms with Gasteiger partial charge in [0.1, 0.15) is 5.76 Å². The zero-order chi connectivity index (χ0) is 14.7. The quantitative estimate of drug-likeness (QED) is 0.694. The number of carbonyl (C=O) groups is 1. The van der Waals surface area contributed by atoms with Gasteiger partial charge in [0.2, 0.25) is 0 Å². The molecule has 108 valence electrons. The molecular formula is C15H12BrNO2S2. The third-order valence-corrected chi connectivity index (χ3v) is 5.71. The Hall–Kier alpha value is -1.37. The predicted molar refractivity (Wildman–Crippen MR) is 89.2 cm³/mol. The summed E-state index contributed by atoms with van der Waals surface area (Å²) in [5.41, 5.74) is 0. The van der Waals surface area contributed by atoms with Crippen molar-refractivity contribution >= 4 is 44.5 Å². The number of carbonyl (C=O) groups excluding carboxylic acids is 1. The Balaban J connectivity index is 1.72. The van der Waals surface area contributed by atoms with E-state index in [2.05, 4.69) is 27.3 Å². The Morgan fingerprint density at radius 1 is 1.33 bits per heavy atom. The molecule has 21 heavy (non-hydrogen) atoms. The van der Waals surface area contributed by atoms with Crippen molar-refractivity contribution in [1.29, 1.82) is 0 Å². The number of thiophene rings is 2. The van der Waals surface area contributed by atoms with Gasteiger partial charge in [-0.05, 0) is 45.6 Å². The highest BCUT2D eigenvalue weighted by atomic mass is 79.9. The fourth-order valence-corrected chi connectivity index (χ4v) is 4.21. The van der Waals surface area contributed by atoms with Crippen LogP contribution in [0, 0.1) is 0 Å². The molecule has 1 amide bonds. The average Bonchev–Trinajstić information content (AvgIpc) is 3.21. The topological polar surface area (TPSA) is 42.2 Å². The second-order valence-electron chi connectivity index (χ2n) is 4.42. The van der Waals surface area contributed by atoms with Gasteiger partial charge < -0.3 is 9.73 Å². The lowest BCUT2D eigenvalue weighted by Gasteiger charge is -2.13. The van der Waals surface area contributed by atoms with Crippen LogP contribution in [0.15, 0.2) is 56.2 Å². The van der Waals surface area contributed by atoms with Crippen LogP contribution in [-0.4, -0.2) is 12.5 Å². The molecular weight excluding hydrogens is 370 g/mol. The molecule has 0 radical (unpaired) electrons. The maximum Gasteiger partial charge on any atom is 0.261 e. The van der Waals surface area contributed by atoms with Crippen LogP contribution in [-0.2, 0) is 0 Å². The Kier molecular flexibility index (Phi) is 4.57. The Morgan fingerprint density at radius 2 is 2.24 bits per heavy atom. The third-order valence-electron chi connectivity index (χ3n) is 3.03. The van der Waals surface area contributed by atoms with Gasteiger partial charge >= 0.3 is 0 Å². The Bertz CT molecular complexity index is 670. The van der Waals surface area contributed by atoms with E-state index in [-0.39, 0.29) is 11.8 Å². The molecule has 3 aromatic rings. The molecule has 3 rings (SSSR count). The Labute approximate surface area is 138 Å². The molecule has 6 heteroatoms. The number of furan rings is 1. The molecule has 0 saturated heterocycles. The number of hydrogen-bond donors (Lipinski definition) is 1. The highest BCUT2D eigenvalue weighted by Gasteiger charge is 2.19. The molecule has 0 aliphatic rings. The zero-order valence-corrected chi connectivity index (χ0v) is 14.1. The van der Waals surface area contributed by atoms with Crippen LogP contribution in [0.4, 0.5) is 0 Å². The van der Waals surface area contributed by atoms with E-state index in [1.54, 1.807) is 17.6 Å². The monoisotopic (exact) mass is 381 g/mol. The average molecular weight is 382 g/mol. The lowest BCUT2D eigenvalue weighted by molar-refractivity contribution is 0.0956. The summed E-state index contributed by atoms with van der Waals surface area (Å²) < 4.78 is 6.44. The minimum absolute atomic E-state index is 0.0485. The van der Waals surface area contributed by atoms with E-state index < -0.39 is 0 Å². The van der Waals surface area contributed by atoms with Crippen molar-refractivity contribution in [2.45, 2.75) is 5.92 Å². The van der Waals surface area contributed by atoms with Gasteiger partial charge in [0.05, 0.1) is 17.1 Å². The van der Waals surface area contributed by atoms with Crippen molar-refractivity contribution < 1.29 is 9.21 Å². The maximum atomic E-state index is 12.2. The summed E-state index contributed by atoms with van der Waals surface area (Å²) in [4.78, 5) is 14.0. The molecule has 0 fully saturated rings. The first kappa shape index (κ1) is 14.6. The van der Waals surface area contributed by atoms with Gasteiger partial charge in [-0.15, -0.1) is 22.7 Å². The van der Waals surface area contributed by atoms with Crippen LogP contribution in [0.25, 0.3) is 0 Å². The number of rotatable bonds is 5. The molecule has 0 saturated carbocycles. The van der Waals surface area contributed by atoms with E-state index in [4.69, 9.17) is 4.42 Å². The van der Waals surface area contributed by atoms with Crippen molar-refractivity contribution in [3.63, 3.8) is 0 Å². The number of amides is 1. The minimum atomic E-state index is -0.0567. The third kappa shape index (κ3) is 3.45. The van der Waals surface area contributed by atoms with Gasteiger partial charge in [0.25, 0.3) is 5.91 Å². The smallest absolute Gasteiger partial charge is 0.261 e. The van der Waals surface area contributed by atoms with E-state index in [0.29, 0.717) is 11.4 Å². The largest absolute Gasteiger partial charge is 0.469 e. The van der Waals surface area contributed by atoms with E-state index in [1.165, 1.54) is 16.2 Å². The number of halogens is 1. The van der Waals surface area contributed by atoms with E-state index in [9.17, 15) is 4.79 Å². The van der Waals surface area contributed by atoms with Crippen molar-refractivity contribution in [2.75, 3.05) is 6.54 Å². The zero-order valence-electron chi connectivity index (χ0n) is 10.9. The first-order chi connectivity index (χ1) is 10.2. The highest BCUT2D eigenvalue weighted by Crippen LogP contribution is 2.28. The van der Waals surface area contributed by atoms with Crippen molar-refractivity contribution in [1.82, 2.24) is 5.32 Å². The summed E-state index contributed by atoms with van der Waals surface area (Å²) in [6.07, 6.45) is 1.66. The molecule has 1 N–H and O–H groups in total. The van der Waals surface area contributed by atoms with Gasteiger partial charge in [-0.3, -0.25) is 4.79 Å². The lowest BCUT2D eigenvalue weighted by Crippen LogP contribution is -2.27. The van der Waals surface area contributed by atoms with Crippen molar-refractivity contribution in [3.8, 4) is 0 Å². The second kappa shape index (κ2) is 6.60. The molecule has 0 aliphatic heterocycles. The van der Waals surface area contributed by atoms with E-state index in [0.717, 1.165) is 10.2 Å². The lowest BCUT2D eigenvalue weighted by atomic mass is 10.0. The van der Waals surface area contributed by atoms with Crippen LogP contribution in [0.2, 0.25) is 0 Å². The van der Waals surface area contributed by atoms with Crippen LogP contribution >= 0.6 is 38.6 Å². The first-order valence-electron chi connectivity index (χ1n) is 6.33. The standard InChI is InChI=1S/C15H12BrNO2S2/c16-10-7-14(21-9-10)15(18)17-8-11(12-3-1-5-19-12)13-4-2-6-20-13/h1-7,9,11H,8H2,(H,17,18). The molecule has 3 heterocycles. The maximum absolute atomic E-state index is 12.2. The normalized spacial score (nSPS) is 12.2. The minimum Gasteiger partial charge on any atom is -0.469 e. The van der Waals surface area contributed by atoms with Crippen LogP contribution in [0.5, 0.6) is 0 Å². The molecule has 0 aromatic carbocycles. The highest BCUT2D eigenvalue weighted by molar-refractivity contribution is 9.10. The Morgan fingerprint density at radius 3 is 2.86 bits per heavy atom. The van der Waals surface area contributed by atoms with Crippen molar-refractivity contribution in [2.24, 2.45) is 0 Å². The van der Waals surface area contributed by atoms with Crippen LogP contribution in [0.3, 0.4) is 0 Å². The summed E-state index contributed by atoms with van der Waals surface area (Å²) in [5, 5.41) is 6.92. The molecule has 1 unspecified atom stereocenters. The van der Waals surface area contributed by atoms with Crippen molar-refractivity contribution in [3.05, 3.63) is 67.3 Å². The molecule has 3 nitrogen and oxygen atoms in total.